The van der Waals surface area contributed by atoms with Gasteiger partial charge in [-0.15, -0.1) is 0 Å². The van der Waals surface area contributed by atoms with E-state index in [9.17, 15) is 4.39 Å². The third-order valence-electron chi connectivity index (χ3n) is 1.94. The molecule has 0 spiro atoms. The van der Waals surface area contributed by atoms with Gasteiger partial charge in [0.2, 0.25) is 0 Å². The molecule has 0 fully saturated rings. The highest BCUT2D eigenvalue weighted by Gasteiger charge is 2.10. The number of nitrogens with zero attached hydrogens (tertiary/aromatic N) is 3. The molecule has 0 aromatic carbocycles. The van der Waals surface area contributed by atoms with Crippen molar-refractivity contribution in [3.8, 4) is 0 Å². The lowest BCUT2D eigenvalue weighted by Crippen LogP contribution is -1.99. The van der Waals surface area contributed by atoms with Gasteiger partial charge in [0.1, 0.15) is 11.8 Å². The van der Waals surface area contributed by atoms with Gasteiger partial charge in [-0.25, -0.2) is 13.9 Å². The first-order valence-corrected chi connectivity index (χ1v) is 4.43. The zero-order valence-electron chi connectivity index (χ0n) is 7.24. The Bertz CT molecular complexity index is 471. The van der Waals surface area contributed by atoms with Crippen molar-refractivity contribution in [1.29, 1.82) is 0 Å². The highest BCUT2D eigenvalue weighted by molar-refractivity contribution is 6.29. The van der Waals surface area contributed by atoms with Gasteiger partial charge in [0, 0.05) is 0 Å². The van der Waals surface area contributed by atoms with Crippen molar-refractivity contribution in [2.75, 3.05) is 0 Å². The zero-order valence-corrected chi connectivity index (χ0v) is 8.00. The van der Waals surface area contributed by atoms with Gasteiger partial charge < -0.3 is 0 Å². The largest absolute Gasteiger partial charge is 0.244 e. The molecule has 0 amide bonds. The van der Waals surface area contributed by atoms with Crippen molar-refractivity contribution in [1.82, 2.24) is 14.6 Å². The van der Waals surface area contributed by atoms with Crippen LogP contribution in [0.5, 0.6) is 0 Å². The summed E-state index contributed by atoms with van der Waals surface area (Å²) in [5.41, 5.74) is 1.44. The van der Waals surface area contributed by atoms with Crippen LogP contribution in [0.1, 0.15) is 11.4 Å². The molecule has 0 saturated carbocycles. The van der Waals surface area contributed by atoms with Gasteiger partial charge in [0.15, 0.2) is 5.65 Å². The predicted molar refractivity (Wildman–Crippen MR) is 52.3 cm³/mol. The first-order chi connectivity index (χ1) is 6.76. The molecule has 0 saturated heterocycles. The number of halogens is 2. The van der Waals surface area contributed by atoms with Gasteiger partial charge in [0.25, 0.3) is 0 Å². The molecule has 2 rings (SSSR count). The molecule has 2 radical (unpaired) electrons. The van der Waals surface area contributed by atoms with E-state index >= 15 is 0 Å². The van der Waals surface area contributed by atoms with Crippen molar-refractivity contribution in [3.63, 3.8) is 0 Å². The summed E-state index contributed by atoms with van der Waals surface area (Å²) in [6, 6.07) is 3.28. The van der Waals surface area contributed by atoms with Crippen LogP contribution in [0.25, 0.3) is 5.65 Å². The van der Waals surface area contributed by atoms with Crippen LogP contribution >= 0.6 is 11.6 Å². The quantitative estimate of drug-likeness (QED) is 0.702. The third-order valence-corrected chi connectivity index (χ3v) is 2.14. The van der Waals surface area contributed by atoms with E-state index in [2.05, 4.69) is 10.1 Å². The minimum atomic E-state index is -0.645. The van der Waals surface area contributed by atoms with Crippen LogP contribution in [0.4, 0.5) is 4.39 Å². The average Bonchev–Trinajstić information content (AvgIpc) is 2.54. The van der Waals surface area contributed by atoms with E-state index in [-0.39, 0.29) is 6.32 Å². The molecule has 0 aliphatic heterocycles. The van der Waals surface area contributed by atoms with E-state index in [0.29, 0.717) is 22.2 Å². The maximum atomic E-state index is 12.5. The number of alkyl halides is 1. The van der Waals surface area contributed by atoms with Crippen LogP contribution in [0.3, 0.4) is 0 Å². The second-order valence-electron chi connectivity index (χ2n) is 2.77. The summed E-state index contributed by atoms with van der Waals surface area (Å²) >= 11 is 5.71. The van der Waals surface area contributed by atoms with Gasteiger partial charge in [0.05, 0.1) is 19.2 Å². The molecule has 2 aromatic heterocycles. The SMILES string of the molecule is [B]Cc1c(CF)nc2ccc(Cl)nn12. The molecule has 0 aliphatic rings. The highest BCUT2D eigenvalue weighted by Crippen LogP contribution is 2.14. The molecule has 70 valence electrons. The predicted octanol–water partition coefficient (Wildman–Crippen LogP) is 1.52. The smallest absolute Gasteiger partial charge is 0.154 e. The molecular weight excluding hydrogens is 203 g/mol. The standard InChI is InChI=1S/C8H6BClFN3/c9-3-6-5(4-11)12-8-2-1-7(10)13-14(6)8/h1-2H,3-4H2. The lowest BCUT2D eigenvalue weighted by molar-refractivity contribution is 0.475. The van der Waals surface area contributed by atoms with E-state index in [0.717, 1.165) is 0 Å². The Balaban J connectivity index is 2.74. The van der Waals surface area contributed by atoms with Crippen molar-refractivity contribution in [2.24, 2.45) is 0 Å². The van der Waals surface area contributed by atoms with Gasteiger partial charge in [-0.2, -0.15) is 5.10 Å². The van der Waals surface area contributed by atoms with Crippen LogP contribution in [0.15, 0.2) is 12.1 Å². The van der Waals surface area contributed by atoms with E-state index in [4.69, 9.17) is 19.4 Å². The fraction of sp³-hybridized carbons (Fsp3) is 0.250. The van der Waals surface area contributed by atoms with Crippen molar-refractivity contribution in [3.05, 3.63) is 28.7 Å². The number of fused-ring (bicyclic) bond motifs is 1. The Morgan fingerprint density at radius 1 is 1.50 bits per heavy atom. The zero-order chi connectivity index (χ0) is 10.1. The van der Waals surface area contributed by atoms with Crippen LogP contribution in [0, 0.1) is 0 Å². The summed E-state index contributed by atoms with van der Waals surface area (Å²) in [7, 11) is 5.48. The van der Waals surface area contributed by atoms with Crippen molar-refractivity contribution in [2.45, 2.75) is 13.0 Å². The summed E-state index contributed by atoms with van der Waals surface area (Å²) in [6.07, 6.45) is 0.188. The van der Waals surface area contributed by atoms with Gasteiger partial charge in [-0.3, -0.25) is 0 Å². The Labute approximate surface area is 86.3 Å². The van der Waals surface area contributed by atoms with Gasteiger partial charge >= 0.3 is 0 Å². The fourth-order valence-electron chi connectivity index (χ4n) is 1.31. The maximum absolute atomic E-state index is 12.5. The molecular formula is C8H6BClFN3. The van der Waals surface area contributed by atoms with Crippen LogP contribution in [0.2, 0.25) is 5.15 Å². The Morgan fingerprint density at radius 2 is 2.29 bits per heavy atom. The Morgan fingerprint density at radius 3 is 2.93 bits per heavy atom. The lowest BCUT2D eigenvalue weighted by atomic mass is 10.0. The molecule has 6 heteroatoms. The summed E-state index contributed by atoms with van der Waals surface area (Å²) in [6.45, 7) is -0.645. The van der Waals surface area contributed by atoms with Crippen LogP contribution in [-0.2, 0) is 13.0 Å². The normalized spacial score (nSPS) is 11.0. The number of hydrogen-bond donors (Lipinski definition) is 0. The van der Waals surface area contributed by atoms with Gasteiger partial charge in [-0.1, -0.05) is 11.6 Å². The lowest BCUT2D eigenvalue weighted by Gasteiger charge is -1.98. The second kappa shape index (κ2) is 3.57. The number of hydrogen-bond acceptors (Lipinski definition) is 2. The van der Waals surface area contributed by atoms with E-state index in [1.165, 1.54) is 4.52 Å². The molecule has 2 heterocycles. The molecule has 2 aromatic rings. The number of rotatable bonds is 2. The van der Waals surface area contributed by atoms with Gasteiger partial charge in [-0.05, 0) is 18.5 Å². The Hall–Kier alpha value is -1.10. The molecule has 0 atom stereocenters. The third kappa shape index (κ3) is 1.37. The van der Waals surface area contributed by atoms with E-state index in [1.807, 2.05) is 0 Å². The summed E-state index contributed by atoms with van der Waals surface area (Å²) in [5.74, 6) is 0. The minimum Gasteiger partial charge on any atom is -0.244 e. The first kappa shape index (κ1) is 9.46. The topological polar surface area (TPSA) is 30.2 Å². The first-order valence-electron chi connectivity index (χ1n) is 4.05. The summed E-state index contributed by atoms with van der Waals surface area (Å²) < 4.78 is 14.0. The summed E-state index contributed by atoms with van der Waals surface area (Å²) in [5, 5.41) is 4.32. The highest BCUT2D eigenvalue weighted by atomic mass is 35.5. The molecule has 0 N–H and O–H groups in total. The molecule has 14 heavy (non-hydrogen) atoms. The van der Waals surface area contributed by atoms with Crippen LogP contribution < -0.4 is 0 Å². The fourth-order valence-corrected chi connectivity index (χ4v) is 1.45. The van der Waals surface area contributed by atoms with E-state index in [1.54, 1.807) is 12.1 Å². The monoisotopic (exact) mass is 209 g/mol. The molecule has 3 nitrogen and oxygen atoms in total. The number of imidazole rings is 1. The minimum absolute atomic E-state index is 0.188. The Kier molecular flexibility index (Phi) is 2.41. The van der Waals surface area contributed by atoms with E-state index < -0.39 is 6.67 Å². The van der Waals surface area contributed by atoms with Crippen LogP contribution in [-0.4, -0.2) is 22.4 Å². The summed E-state index contributed by atoms with van der Waals surface area (Å²) in [4.78, 5) is 4.03. The van der Waals surface area contributed by atoms with Crippen molar-refractivity contribution < 1.29 is 4.39 Å². The average molecular weight is 209 g/mol. The molecule has 0 unspecified atom stereocenters. The number of aromatic nitrogens is 3. The molecule has 0 bridgehead atoms. The molecule has 0 aliphatic carbocycles. The second-order valence-corrected chi connectivity index (χ2v) is 3.16. The van der Waals surface area contributed by atoms with Crippen molar-refractivity contribution >= 4 is 25.1 Å². The maximum Gasteiger partial charge on any atom is 0.154 e.